The molecule has 1 aromatic carbocycles. The number of amides is 1. The smallest absolute Gasteiger partial charge is 0.270 e. The van der Waals surface area contributed by atoms with Crippen molar-refractivity contribution in [2.24, 2.45) is 0 Å². The average Bonchev–Trinajstić information content (AvgIpc) is 2.44. The highest BCUT2D eigenvalue weighted by atomic mass is 16.5. The molecule has 0 atom stereocenters. The molecule has 2 heterocycles. The molecule has 0 radical (unpaired) electrons. The topological polar surface area (TPSA) is 51.5 Å². The Morgan fingerprint density at radius 2 is 2.05 bits per heavy atom. The predicted octanol–water partition coefficient (Wildman–Crippen LogP) is 1.88. The van der Waals surface area contributed by atoms with E-state index in [2.05, 4.69) is 0 Å². The molecule has 5 heteroatoms. The molecule has 0 spiro atoms. The van der Waals surface area contributed by atoms with Gasteiger partial charge < -0.3 is 14.2 Å². The van der Waals surface area contributed by atoms with Gasteiger partial charge in [-0.15, -0.1) is 0 Å². The van der Waals surface area contributed by atoms with Gasteiger partial charge in [-0.2, -0.15) is 0 Å². The van der Waals surface area contributed by atoms with E-state index in [9.17, 15) is 9.59 Å². The standard InChI is InChI=1S/C16H18N2O3/c1-3-18-14(16(20)17-7-4-8-17)10-11-9-12(21-2)5-6-13(11)15(18)19/h5-6,9-10H,3-4,7-8H2,1-2H3. The van der Waals surface area contributed by atoms with Crippen LogP contribution < -0.4 is 10.3 Å². The van der Waals surface area contributed by atoms with Gasteiger partial charge in [-0.25, -0.2) is 0 Å². The van der Waals surface area contributed by atoms with Crippen molar-refractivity contribution in [3.63, 3.8) is 0 Å². The summed E-state index contributed by atoms with van der Waals surface area (Å²) in [5.74, 6) is 0.614. The van der Waals surface area contributed by atoms with Crippen LogP contribution in [0.1, 0.15) is 23.8 Å². The Bertz CT molecular complexity index is 760. The van der Waals surface area contributed by atoms with Gasteiger partial charge in [0.05, 0.1) is 7.11 Å². The summed E-state index contributed by atoms with van der Waals surface area (Å²) in [7, 11) is 1.58. The van der Waals surface area contributed by atoms with E-state index in [0.29, 0.717) is 23.4 Å². The number of fused-ring (bicyclic) bond motifs is 1. The van der Waals surface area contributed by atoms with Crippen LogP contribution in [-0.4, -0.2) is 35.6 Å². The normalized spacial score (nSPS) is 14.1. The van der Waals surface area contributed by atoms with Crippen molar-refractivity contribution in [3.05, 3.63) is 40.3 Å². The highest BCUT2D eigenvalue weighted by Crippen LogP contribution is 2.21. The Balaban J connectivity index is 2.21. The summed E-state index contributed by atoms with van der Waals surface area (Å²) in [5.41, 5.74) is 0.337. The Labute approximate surface area is 122 Å². The molecule has 0 unspecified atom stereocenters. The Kier molecular flexibility index (Phi) is 3.41. The highest BCUT2D eigenvalue weighted by Gasteiger charge is 2.24. The van der Waals surface area contributed by atoms with Crippen LogP contribution in [0.2, 0.25) is 0 Å². The lowest BCUT2D eigenvalue weighted by Crippen LogP contribution is -2.44. The van der Waals surface area contributed by atoms with Crippen LogP contribution in [0.3, 0.4) is 0 Å². The summed E-state index contributed by atoms with van der Waals surface area (Å²) in [6.07, 6.45) is 1.03. The van der Waals surface area contributed by atoms with Crippen LogP contribution >= 0.6 is 0 Å². The van der Waals surface area contributed by atoms with Gasteiger partial charge >= 0.3 is 0 Å². The summed E-state index contributed by atoms with van der Waals surface area (Å²) >= 11 is 0. The van der Waals surface area contributed by atoms with E-state index >= 15 is 0 Å². The number of aromatic nitrogens is 1. The molecule has 1 aliphatic rings. The molecule has 1 aromatic heterocycles. The first-order chi connectivity index (χ1) is 10.2. The zero-order valence-corrected chi connectivity index (χ0v) is 12.3. The Morgan fingerprint density at radius 1 is 1.29 bits per heavy atom. The van der Waals surface area contributed by atoms with Crippen LogP contribution in [0.15, 0.2) is 29.1 Å². The molecule has 0 saturated carbocycles. The zero-order valence-electron chi connectivity index (χ0n) is 12.3. The second kappa shape index (κ2) is 5.24. The zero-order chi connectivity index (χ0) is 15.0. The number of methoxy groups -OCH3 is 1. The number of ether oxygens (including phenoxy) is 1. The fourth-order valence-electron chi connectivity index (χ4n) is 2.63. The van der Waals surface area contributed by atoms with Gasteiger partial charge in [0.15, 0.2) is 0 Å². The third-order valence-electron chi connectivity index (χ3n) is 4.00. The summed E-state index contributed by atoms with van der Waals surface area (Å²) in [6, 6.07) is 7.11. The molecular weight excluding hydrogens is 268 g/mol. The third-order valence-corrected chi connectivity index (χ3v) is 4.00. The molecule has 1 amide bonds. The average molecular weight is 286 g/mol. The van der Waals surface area contributed by atoms with E-state index in [1.54, 1.807) is 40.8 Å². The predicted molar refractivity (Wildman–Crippen MR) is 81.0 cm³/mol. The van der Waals surface area contributed by atoms with Crippen molar-refractivity contribution in [1.29, 1.82) is 0 Å². The monoisotopic (exact) mass is 286 g/mol. The number of benzene rings is 1. The summed E-state index contributed by atoms with van der Waals surface area (Å²) in [6.45, 7) is 3.90. The van der Waals surface area contributed by atoms with E-state index in [1.807, 2.05) is 6.92 Å². The second-order valence-electron chi connectivity index (χ2n) is 5.18. The fourth-order valence-corrected chi connectivity index (χ4v) is 2.63. The Morgan fingerprint density at radius 3 is 2.62 bits per heavy atom. The van der Waals surface area contributed by atoms with Crippen LogP contribution in [0.5, 0.6) is 5.75 Å². The second-order valence-corrected chi connectivity index (χ2v) is 5.18. The molecule has 3 rings (SSSR count). The van der Waals surface area contributed by atoms with E-state index < -0.39 is 0 Å². The van der Waals surface area contributed by atoms with E-state index in [4.69, 9.17) is 4.74 Å². The van der Waals surface area contributed by atoms with Crippen LogP contribution in [0.4, 0.5) is 0 Å². The molecular formula is C16H18N2O3. The molecule has 0 aliphatic carbocycles. The van der Waals surface area contributed by atoms with Crippen molar-refractivity contribution in [2.75, 3.05) is 20.2 Å². The van der Waals surface area contributed by atoms with Crippen molar-refractivity contribution in [2.45, 2.75) is 19.9 Å². The third kappa shape index (κ3) is 2.18. The number of hydrogen-bond acceptors (Lipinski definition) is 3. The van der Waals surface area contributed by atoms with Crippen LogP contribution in [0.25, 0.3) is 10.8 Å². The molecule has 21 heavy (non-hydrogen) atoms. The minimum atomic E-state index is -0.124. The van der Waals surface area contributed by atoms with E-state index in [1.165, 1.54) is 0 Å². The molecule has 1 fully saturated rings. The first-order valence-electron chi connectivity index (χ1n) is 7.16. The van der Waals surface area contributed by atoms with Crippen molar-refractivity contribution in [3.8, 4) is 5.75 Å². The lowest BCUT2D eigenvalue weighted by Gasteiger charge is -2.31. The molecule has 1 aliphatic heterocycles. The summed E-state index contributed by atoms with van der Waals surface area (Å²) < 4.78 is 6.75. The first-order valence-corrected chi connectivity index (χ1v) is 7.16. The van der Waals surface area contributed by atoms with Gasteiger partial charge in [0.1, 0.15) is 11.4 Å². The van der Waals surface area contributed by atoms with Crippen LogP contribution in [-0.2, 0) is 6.54 Å². The Hall–Kier alpha value is -2.30. The van der Waals surface area contributed by atoms with E-state index in [0.717, 1.165) is 24.9 Å². The minimum absolute atomic E-state index is 0.0649. The van der Waals surface area contributed by atoms with Gasteiger partial charge in [-0.05, 0) is 43.0 Å². The number of nitrogens with zero attached hydrogens (tertiary/aromatic N) is 2. The lowest BCUT2D eigenvalue weighted by molar-refractivity contribution is 0.0639. The number of pyridine rings is 1. The number of carbonyl (C=O) groups excluding carboxylic acids is 1. The lowest BCUT2D eigenvalue weighted by atomic mass is 10.1. The fraction of sp³-hybridized carbons (Fsp3) is 0.375. The van der Waals surface area contributed by atoms with Gasteiger partial charge in [-0.3, -0.25) is 9.59 Å². The number of rotatable bonds is 3. The van der Waals surface area contributed by atoms with Crippen molar-refractivity contribution < 1.29 is 9.53 Å². The van der Waals surface area contributed by atoms with Gasteiger partial charge in [0, 0.05) is 25.0 Å². The maximum atomic E-state index is 12.6. The van der Waals surface area contributed by atoms with Gasteiger partial charge in [0.25, 0.3) is 11.5 Å². The largest absolute Gasteiger partial charge is 0.497 e. The van der Waals surface area contributed by atoms with Gasteiger partial charge in [0.2, 0.25) is 0 Å². The van der Waals surface area contributed by atoms with Crippen molar-refractivity contribution >= 4 is 16.7 Å². The highest BCUT2D eigenvalue weighted by molar-refractivity contribution is 5.97. The quantitative estimate of drug-likeness (QED) is 0.865. The number of hydrogen-bond donors (Lipinski definition) is 0. The summed E-state index contributed by atoms with van der Waals surface area (Å²) in [5, 5.41) is 1.35. The SMILES string of the molecule is CCn1c(C(=O)N2CCC2)cc2cc(OC)ccc2c1=O. The molecule has 1 saturated heterocycles. The number of carbonyl (C=O) groups is 1. The molecule has 0 bridgehead atoms. The maximum absolute atomic E-state index is 12.6. The molecule has 0 N–H and O–H groups in total. The maximum Gasteiger partial charge on any atom is 0.270 e. The van der Waals surface area contributed by atoms with Crippen molar-refractivity contribution in [1.82, 2.24) is 9.47 Å². The van der Waals surface area contributed by atoms with E-state index in [-0.39, 0.29) is 11.5 Å². The number of likely N-dealkylation sites (tertiary alicyclic amines) is 1. The van der Waals surface area contributed by atoms with Crippen LogP contribution in [0, 0.1) is 0 Å². The summed E-state index contributed by atoms with van der Waals surface area (Å²) in [4.78, 5) is 26.8. The molecule has 110 valence electrons. The first kappa shape index (κ1) is 13.7. The molecule has 2 aromatic rings. The van der Waals surface area contributed by atoms with Gasteiger partial charge in [-0.1, -0.05) is 0 Å². The molecule has 5 nitrogen and oxygen atoms in total. The minimum Gasteiger partial charge on any atom is -0.497 e.